The lowest BCUT2D eigenvalue weighted by Crippen LogP contribution is -2.68. The summed E-state index contributed by atoms with van der Waals surface area (Å²) < 4.78 is 68.7. The Bertz CT molecular complexity index is 1040. The number of primary amides is 1. The Morgan fingerprint density at radius 1 is 1.26 bits per heavy atom. The lowest BCUT2D eigenvalue weighted by atomic mass is 9.48. The third kappa shape index (κ3) is 5.56. The standard InChI is InChI=1S/C24H32F5N5O4/c1-21(2,3)16(33-20(38)24(27,28)29)19(37)34-7-5-22(9-14(34)17(31)35)11-23(25,26)15(22)13(10-30)8-12-4-6-32-18(12)36/h12-16H,4-9,11H2,1-3H3,(H2,31,35)(H,32,36)(H,33,38)/t12-,13-,14?,15?,16-,22?/m1/s1. The van der Waals surface area contributed by atoms with Crippen LogP contribution in [-0.4, -0.2) is 65.8 Å². The number of piperidine rings is 1. The molecular formula is C24H32F5N5O4. The minimum Gasteiger partial charge on any atom is -0.368 e. The summed E-state index contributed by atoms with van der Waals surface area (Å²) in [5, 5.41) is 14.1. The molecule has 38 heavy (non-hydrogen) atoms. The average Bonchev–Trinajstić information content (AvgIpc) is 3.18. The molecule has 3 unspecified atom stereocenters. The highest BCUT2D eigenvalue weighted by atomic mass is 19.4. The first-order valence-corrected chi connectivity index (χ1v) is 12.4. The molecule has 212 valence electrons. The van der Waals surface area contributed by atoms with Gasteiger partial charge in [-0.25, -0.2) is 8.78 Å². The highest BCUT2D eigenvalue weighted by molar-refractivity contribution is 5.93. The molecule has 1 spiro atoms. The van der Waals surface area contributed by atoms with Crippen LogP contribution in [0.25, 0.3) is 0 Å². The predicted molar refractivity (Wildman–Crippen MR) is 122 cm³/mol. The molecular weight excluding hydrogens is 517 g/mol. The van der Waals surface area contributed by atoms with Crippen molar-refractivity contribution in [1.82, 2.24) is 15.5 Å². The van der Waals surface area contributed by atoms with Crippen molar-refractivity contribution >= 4 is 23.6 Å². The molecule has 0 aromatic rings. The molecule has 0 aromatic carbocycles. The van der Waals surface area contributed by atoms with Crippen LogP contribution in [0.15, 0.2) is 0 Å². The minimum atomic E-state index is -5.26. The van der Waals surface area contributed by atoms with Gasteiger partial charge in [-0.3, -0.25) is 19.2 Å². The van der Waals surface area contributed by atoms with E-state index in [0.29, 0.717) is 13.0 Å². The van der Waals surface area contributed by atoms with Gasteiger partial charge in [0.25, 0.3) is 5.92 Å². The van der Waals surface area contributed by atoms with Crippen LogP contribution in [-0.2, 0) is 19.2 Å². The zero-order chi connectivity index (χ0) is 28.8. The van der Waals surface area contributed by atoms with E-state index in [2.05, 4.69) is 5.32 Å². The number of nitrogens with two attached hydrogens (primary N) is 1. The molecule has 3 aliphatic rings. The number of likely N-dealkylation sites (tertiary alicyclic amines) is 1. The van der Waals surface area contributed by atoms with Gasteiger partial charge in [-0.2, -0.15) is 18.4 Å². The monoisotopic (exact) mass is 549 g/mol. The van der Waals surface area contributed by atoms with Crippen molar-refractivity contribution in [3.05, 3.63) is 0 Å². The summed E-state index contributed by atoms with van der Waals surface area (Å²) in [6, 6.07) is -1.20. The maximum absolute atomic E-state index is 15.0. The van der Waals surface area contributed by atoms with E-state index in [9.17, 15) is 46.4 Å². The highest BCUT2D eigenvalue weighted by Crippen LogP contribution is 2.65. The van der Waals surface area contributed by atoms with E-state index < -0.39 is 76.9 Å². The second kappa shape index (κ2) is 9.96. The Labute approximate surface area is 216 Å². The maximum Gasteiger partial charge on any atom is 0.471 e. The molecule has 3 fully saturated rings. The summed E-state index contributed by atoms with van der Waals surface area (Å²) in [6.07, 6.45) is -5.95. The van der Waals surface area contributed by atoms with E-state index in [1.165, 1.54) is 20.8 Å². The second-order valence-electron chi connectivity index (χ2n) is 11.7. The number of nitrogens with zero attached hydrogens (tertiary/aromatic N) is 2. The lowest BCUT2D eigenvalue weighted by Gasteiger charge is -2.61. The van der Waals surface area contributed by atoms with Crippen LogP contribution < -0.4 is 16.4 Å². The number of rotatable bonds is 6. The fourth-order valence-corrected chi connectivity index (χ4v) is 6.25. The number of carbonyl (C=O) groups excluding carboxylic acids is 4. The summed E-state index contributed by atoms with van der Waals surface area (Å²) in [7, 11) is 0. The SMILES string of the molecule is CC(C)(C)[C@H](NC(=O)C(F)(F)F)C(=O)N1CCC2(CC1C(N)=O)CC(F)(F)C2[C@@H](C#N)C[C@H]1CCNC1=O. The molecule has 4 N–H and O–H groups in total. The Balaban J connectivity index is 1.87. The van der Waals surface area contributed by atoms with Gasteiger partial charge in [-0.1, -0.05) is 20.8 Å². The van der Waals surface area contributed by atoms with Crippen molar-refractivity contribution in [3.63, 3.8) is 0 Å². The molecule has 2 heterocycles. The minimum absolute atomic E-state index is 0.0537. The van der Waals surface area contributed by atoms with Gasteiger partial charge in [0.1, 0.15) is 12.1 Å². The number of nitrogens with one attached hydrogen (secondary N) is 2. The van der Waals surface area contributed by atoms with Crippen LogP contribution in [0.5, 0.6) is 0 Å². The third-order valence-electron chi connectivity index (χ3n) is 8.06. The van der Waals surface area contributed by atoms with Crippen molar-refractivity contribution in [1.29, 1.82) is 5.26 Å². The molecule has 0 bridgehead atoms. The molecule has 2 aliphatic heterocycles. The number of amides is 4. The van der Waals surface area contributed by atoms with E-state index in [4.69, 9.17) is 5.73 Å². The average molecular weight is 550 g/mol. The van der Waals surface area contributed by atoms with Gasteiger partial charge >= 0.3 is 12.1 Å². The molecule has 0 aromatic heterocycles. The number of carbonyl (C=O) groups is 4. The summed E-state index contributed by atoms with van der Waals surface area (Å²) in [5.41, 5.74) is 3.11. The first-order valence-electron chi connectivity index (χ1n) is 12.4. The Hall–Kier alpha value is -2.98. The lowest BCUT2D eigenvalue weighted by molar-refractivity contribution is -0.257. The molecule has 1 saturated carbocycles. The van der Waals surface area contributed by atoms with Gasteiger partial charge < -0.3 is 21.3 Å². The topological polar surface area (TPSA) is 145 Å². The number of alkyl halides is 5. The van der Waals surface area contributed by atoms with Crippen LogP contribution in [0, 0.1) is 39.9 Å². The van der Waals surface area contributed by atoms with E-state index in [-0.39, 0.29) is 31.7 Å². The van der Waals surface area contributed by atoms with Gasteiger partial charge in [0.05, 0.1) is 12.0 Å². The molecule has 2 saturated heterocycles. The van der Waals surface area contributed by atoms with Crippen molar-refractivity contribution in [2.24, 2.45) is 34.3 Å². The van der Waals surface area contributed by atoms with Crippen molar-refractivity contribution < 1.29 is 41.1 Å². The first kappa shape index (κ1) is 29.6. The van der Waals surface area contributed by atoms with Crippen molar-refractivity contribution in [2.45, 2.75) is 77.1 Å². The van der Waals surface area contributed by atoms with Crippen LogP contribution in [0.4, 0.5) is 22.0 Å². The highest BCUT2D eigenvalue weighted by Gasteiger charge is 2.69. The molecule has 14 heteroatoms. The van der Waals surface area contributed by atoms with Crippen LogP contribution in [0.2, 0.25) is 0 Å². The second-order valence-corrected chi connectivity index (χ2v) is 11.7. The summed E-state index contributed by atoms with van der Waals surface area (Å²) in [4.78, 5) is 50.4. The van der Waals surface area contributed by atoms with Gasteiger partial charge in [0.2, 0.25) is 17.7 Å². The Morgan fingerprint density at radius 3 is 2.34 bits per heavy atom. The van der Waals surface area contributed by atoms with E-state index >= 15 is 0 Å². The fourth-order valence-electron chi connectivity index (χ4n) is 6.25. The number of nitriles is 1. The van der Waals surface area contributed by atoms with E-state index in [1.807, 2.05) is 6.07 Å². The molecule has 0 radical (unpaired) electrons. The Kier molecular flexibility index (Phi) is 7.75. The normalized spacial score (nSPS) is 30.6. The predicted octanol–water partition coefficient (Wildman–Crippen LogP) is 1.86. The zero-order valence-electron chi connectivity index (χ0n) is 21.3. The van der Waals surface area contributed by atoms with Crippen LogP contribution in [0.1, 0.15) is 52.9 Å². The summed E-state index contributed by atoms with van der Waals surface area (Å²) >= 11 is 0. The molecule has 4 amide bonds. The smallest absolute Gasteiger partial charge is 0.368 e. The van der Waals surface area contributed by atoms with Gasteiger partial charge in [-0.05, 0) is 36.5 Å². The van der Waals surface area contributed by atoms with Gasteiger partial charge in [-0.15, -0.1) is 0 Å². The largest absolute Gasteiger partial charge is 0.471 e. The van der Waals surface area contributed by atoms with Gasteiger partial charge in [0.15, 0.2) is 0 Å². The molecule has 1 aliphatic carbocycles. The number of hydrogen-bond donors (Lipinski definition) is 3. The van der Waals surface area contributed by atoms with Crippen LogP contribution in [0.3, 0.4) is 0 Å². The third-order valence-corrected chi connectivity index (χ3v) is 8.06. The fraction of sp³-hybridized carbons (Fsp3) is 0.792. The van der Waals surface area contributed by atoms with Crippen molar-refractivity contribution in [2.75, 3.05) is 13.1 Å². The summed E-state index contributed by atoms with van der Waals surface area (Å²) in [5.74, 6) is -11.2. The Morgan fingerprint density at radius 2 is 1.89 bits per heavy atom. The first-order chi connectivity index (χ1) is 17.3. The number of hydrogen-bond acceptors (Lipinski definition) is 5. The quantitative estimate of drug-likeness (QED) is 0.433. The number of halogens is 5. The van der Waals surface area contributed by atoms with Gasteiger partial charge in [0, 0.05) is 31.3 Å². The van der Waals surface area contributed by atoms with E-state index in [0.717, 1.165) is 4.90 Å². The van der Waals surface area contributed by atoms with Crippen molar-refractivity contribution in [3.8, 4) is 6.07 Å². The molecule has 3 rings (SSSR count). The summed E-state index contributed by atoms with van der Waals surface area (Å²) in [6.45, 7) is 4.38. The van der Waals surface area contributed by atoms with E-state index in [1.54, 1.807) is 5.32 Å². The molecule has 9 nitrogen and oxygen atoms in total. The molecule has 6 atom stereocenters. The maximum atomic E-state index is 15.0. The van der Waals surface area contributed by atoms with Crippen LogP contribution >= 0.6 is 0 Å². The zero-order valence-corrected chi connectivity index (χ0v) is 21.3.